The lowest BCUT2D eigenvalue weighted by molar-refractivity contribution is -0.137. The Hall–Kier alpha value is -2.58. The Morgan fingerprint density at radius 2 is 1.95 bits per heavy atom. The lowest BCUT2D eigenvalue weighted by atomic mass is 10.3. The fourth-order valence-corrected chi connectivity index (χ4v) is 1.25. The highest BCUT2D eigenvalue weighted by Gasteiger charge is 2.30. The van der Waals surface area contributed by atoms with Gasteiger partial charge in [0, 0.05) is 31.4 Å². The second kappa shape index (κ2) is 7.27. The molecule has 1 rings (SSSR count). The molecule has 1 aromatic heterocycles. The number of alkyl halides is 3. The van der Waals surface area contributed by atoms with E-state index >= 15 is 0 Å². The molecule has 0 atom stereocenters. The maximum absolute atomic E-state index is 12.3. The summed E-state index contributed by atoms with van der Waals surface area (Å²) >= 11 is 0. The summed E-state index contributed by atoms with van der Waals surface area (Å²) in [5, 5.41) is 13.4. The molecule has 0 spiro atoms. The van der Waals surface area contributed by atoms with Crippen LogP contribution in [0.15, 0.2) is 30.5 Å². The summed E-state index contributed by atoms with van der Waals surface area (Å²) in [6.07, 6.45) is -2.18. The standard InChI is InChI=1S/C12H12F3N3O3/c13-12(14,15)8-1-2-9(18-7-8)16-5-6-17-10(19)3-4-11(20)21/h1-4,7H,5-6H2,(H,16,18)(H,17,19)(H,20,21)/b4-3+. The average molecular weight is 303 g/mol. The molecule has 0 fully saturated rings. The zero-order chi connectivity index (χ0) is 15.9. The van der Waals surface area contributed by atoms with Crippen molar-refractivity contribution in [2.75, 3.05) is 18.4 Å². The summed E-state index contributed by atoms with van der Waals surface area (Å²) < 4.78 is 36.9. The molecule has 1 amide bonds. The van der Waals surface area contributed by atoms with Crippen LogP contribution in [-0.4, -0.2) is 35.1 Å². The molecule has 0 bridgehead atoms. The van der Waals surface area contributed by atoms with E-state index in [4.69, 9.17) is 5.11 Å². The molecule has 0 radical (unpaired) electrons. The third-order valence-corrected chi connectivity index (χ3v) is 2.20. The van der Waals surface area contributed by atoms with Gasteiger partial charge in [-0.05, 0) is 12.1 Å². The maximum Gasteiger partial charge on any atom is 0.417 e. The lowest BCUT2D eigenvalue weighted by Crippen LogP contribution is -2.27. The summed E-state index contributed by atoms with van der Waals surface area (Å²) in [5.41, 5.74) is -0.847. The molecule has 1 aromatic rings. The summed E-state index contributed by atoms with van der Waals surface area (Å²) in [7, 11) is 0. The number of carboxylic acids is 1. The Morgan fingerprint density at radius 3 is 2.48 bits per heavy atom. The van der Waals surface area contributed by atoms with E-state index in [1.54, 1.807) is 0 Å². The second-order valence-corrected chi connectivity index (χ2v) is 3.82. The first-order valence-corrected chi connectivity index (χ1v) is 5.75. The third kappa shape index (κ3) is 6.41. The number of aromatic nitrogens is 1. The number of pyridine rings is 1. The van der Waals surface area contributed by atoms with E-state index in [9.17, 15) is 22.8 Å². The fourth-order valence-electron chi connectivity index (χ4n) is 1.25. The van der Waals surface area contributed by atoms with Gasteiger partial charge >= 0.3 is 12.1 Å². The van der Waals surface area contributed by atoms with Crippen molar-refractivity contribution in [1.82, 2.24) is 10.3 Å². The van der Waals surface area contributed by atoms with Gasteiger partial charge in [0.2, 0.25) is 5.91 Å². The molecule has 6 nitrogen and oxygen atoms in total. The third-order valence-electron chi connectivity index (χ3n) is 2.20. The maximum atomic E-state index is 12.3. The van der Waals surface area contributed by atoms with Crippen LogP contribution in [0.3, 0.4) is 0 Å². The summed E-state index contributed by atoms with van der Waals surface area (Å²) in [6.45, 7) is 0.385. The van der Waals surface area contributed by atoms with Gasteiger partial charge in [-0.2, -0.15) is 13.2 Å². The van der Waals surface area contributed by atoms with Gasteiger partial charge < -0.3 is 15.7 Å². The molecule has 0 saturated heterocycles. The number of aliphatic carboxylic acids is 1. The van der Waals surface area contributed by atoms with E-state index < -0.39 is 23.6 Å². The number of hydrogen-bond donors (Lipinski definition) is 3. The van der Waals surface area contributed by atoms with E-state index in [2.05, 4.69) is 15.6 Å². The highest BCUT2D eigenvalue weighted by atomic mass is 19.4. The Kier molecular flexibility index (Phi) is 5.70. The van der Waals surface area contributed by atoms with Crippen LogP contribution in [0, 0.1) is 0 Å². The Morgan fingerprint density at radius 1 is 1.24 bits per heavy atom. The molecule has 1 heterocycles. The number of amides is 1. The summed E-state index contributed by atoms with van der Waals surface area (Å²) in [4.78, 5) is 24.8. The average Bonchev–Trinajstić information content (AvgIpc) is 2.41. The van der Waals surface area contributed by atoms with Crippen molar-refractivity contribution >= 4 is 17.7 Å². The molecule has 0 unspecified atom stereocenters. The van der Waals surface area contributed by atoms with Gasteiger partial charge in [-0.25, -0.2) is 9.78 Å². The van der Waals surface area contributed by atoms with Gasteiger partial charge in [0.15, 0.2) is 0 Å². The number of hydrogen-bond acceptors (Lipinski definition) is 4. The number of nitrogens with zero attached hydrogens (tertiary/aromatic N) is 1. The minimum Gasteiger partial charge on any atom is -0.478 e. The molecule has 0 aliphatic carbocycles. The van der Waals surface area contributed by atoms with Crippen molar-refractivity contribution in [1.29, 1.82) is 0 Å². The summed E-state index contributed by atoms with van der Waals surface area (Å²) in [6, 6.07) is 2.07. The smallest absolute Gasteiger partial charge is 0.417 e. The van der Waals surface area contributed by atoms with Crippen LogP contribution >= 0.6 is 0 Å². The van der Waals surface area contributed by atoms with Crippen LogP contribution in [0.25, 0.3) is 0 Å². The largest absolute Gasteiger partial charge is 0.478 e. The predicted molar refractivity (Wildman–Crippen MR) is 67.5 cm³/mol. The van der Waals surface area contributed by atoms with Gasteiger partial charge in [0.1, 0.15) is 5.82 Å². The summed E-state index contributed by atoms with van der Waals surface area (Å²) in [5.74, 6) is -1.59. The van der Waals surface area contributed by atoms with Crippen LogP contribution in [0.2, 0.25) is 0 Å². The molecule has 114 valence electrons. The highest BCUT2D eigenvalue weighted by molar-refractivity contribution is 5.93. The number of halogens is 3. The van der Waals surface area contributed by atoms with Crippen LogP contribution < -0.4 is 10.6 Å². The minimum absolute atomic E-state index is 0.158. The highest BCUT2D eigenvalue weighted by Crippen LogP contribution is 2.28. The monoisotopic (exact) mass is 303 g/mol. The van der Waals surface area contributed by atoms with Crippen LogP contribution in [-0.2, 0) is 15.8 Å². The van der Waals surface area contributed by atoms with Gasteiger partial charge in [-0.1, -0.05) is 0 Å². The SMILES string of the molecule is O=C(O)/C=C/C(=O)NCCNc1ccc(C(F)(F)F)cn1. The van der Waals surface area contributed by atoms with Gasteiger partial charge in [0.25, 0.3) is 0 Å². The van der Waals surface area contributed by atoms with E-state index in [0.717, 1.165) is 12.1 Å². The Bertz CT molecular complexity index is 527. The number of rotatable bonds is 6. The van der Waals surface area contributed by atoms with Crippen LogP contribution in [0.4, 0.5) is 19.0 Å². The van der Waals surface area contributed by atoms with Gasteiger partial charge in [0.05, 0.1) is 5.56 Å². The van der Waals surface area contributed by atoms with Crippen molar-refractivity contribution in [3.05, 3.63) is 36.0 Å². The molecule has 0 aliphatic heterocycles. The molecular formula is C12H12F3N3O3. The van der Waals surface area contributed by atoms with Crippen molar-refractivity contribution in [3.63, 3.8) is 0 Å². The topological polar surface area (TPSA) is 91.3 Å². The van der Waals surface area contributed by atoms with Crippen LogP contribution in [0.1, 0.15) is 5.56 Å². The number of nitrogens with one attached hydrogen (secondary N) is 2. The Labute approximate surface area is 117 Å². The van der Waals surface area contributed by atoms with E-state index in [1.807, 2.05) is 0 Å². The normalized spacial score (nSPS) is 11.4. The molecule has 21 heavy (non-hydrogen) atoms. The van der Waals surface area contributed by atoms with Crippen molar-refractivity contribution in [2.24, 2.45) is 0 Å². The number of carboxylic acid groups (broad SMARTS) is 1. The lowest BCUT2D eigenvalue weighted by Gasteiger charge is -2.08. The van der Waals surface area contributed by atoms with Crippen molar-refractivity contribution in [2.45, 2.75) is 6.18 Å². The quantitative estimate of drug-likeness (QED) is 0.544. The van der Waals surface area contributed by atoms with E-state index in [1.165, 1.54) is 6.07 Å². The van der Waals surface area contributed by atoms with Crippen molar-refractivity contribution < 1.29 is 27.9 Å². The first kappa shape index (κ1) is 16.5. The first-order chi connectivity index (χ1) is 9.79. The molecule has 0 aromatic carbocycles. The first-order valence-electron chi connectivity index (χ1n) is 5.75. The fraction of sp³-hybridized carbons (Fsp3) is 0.250. The van der Waals surface area contributed by atoms with Crippen molar-refractivity contribution in [3.8, 4) is 0 Å². The predicted octanol–water partition coefficient (Wildman–Crippen LogP) is 1.27. The minimum atomic E-state index is -4.43. The number of anilines is 1. The molecular weight excluding hydrogens is 291 g/mol. The van der Waals surface area contributed by atoms with E-state index in [0.29, 0.717) is 12.3 Å². The Balaban J connectivity index is 2.33. The zero-order valence-corrected chi connectivity index (χ0v) is 10.6. The molecule has 0 aliphatic rings. The molecule has 3 N–H and O–H groups in total. The zero-order valence-electron chi connectivity index (χ0n) is 10.6. The number of carbonyl (C=O) groups excluding carboxylic acids is 1. The van der Waals surface area contributed by atoms with Gasteiger partial charge in [-0.3, -0.25) is 4.79 Å². The molecule has 9 heteroatoms. The van der Waals surface area contributed by atoms with E-state index in [-0.39, 0.29) is 18.9 Å². The second-order valence-electron chi connectivity index (χ2n) is 3.82. The molecule has 0 saturated carbocycles. The number of carbonyl (C=O) groups is 2. The van der Waals surface area contributed by atoms with Gasteiger partial charge in [-0.15, -0.1) is 0 Å². The van der Waals surface area contributed by atoms with Crippen LogP contribution in [0.5, 0.6) is 0 Å².